The molecule has 0 aliphatic rings. The van der Waals surface area contributed by atoms with Crippen LogP contribution in [0.2, 0.25) is 0 Å². The third-order valence-electron chi connectivity index (χ3n) is 3.03. The van der Waals surface area contributed by atoms with E-state index in [1.54, 1.807) is 24.5 Å². The second-order valence-corrected chi connectivity index (χ2v) is 4.35. The van der Waals surface area contributed by atoms with Crippen molar-refractivity contribution in [1.29, 1.82) is 0 Å². The molecule has 0 atom stereocenters. The maximum absolute atomic E-state index is 10.8. The quantitative estimate of drug-likeness (QED) is 0.542. The van der Waals surface area contributed by atoms with Gasteiger partial charge in [-0.05, 0) is 36.4 Å². The molecule has 0 spiro atoms. The largest absolute Gasteiger partial charge is 0.269 e. The topological polar surface area (TPSA) is 64.2 Å². The SMILES string of the molecule is Cl.O=[N+]([O-])c1ccc(N(c2ccncc2)n2cccc2)cc1. The fourth-order valence-electron chi connectivity index (χ4n) is 2.08. The number of hydrogen-bond acceptors (Lipinski definition) is 4. The first kappa shape index (κ1) is 15.5. The van der Waals surface area contributed by atoms with Crippen molar-refractivity contribution < 1.29 is 4.92 Å². The Kier molecular flexibility index (Phi) is 4.75. The van der Waals surface area contributed by atoms with Crippen LogP contribution in [-0.4, -0.2) is 14.6 Å². The third kappa shape index (κ3) is 3.07. The maximum Gasteiger partial charge on any atom is 0.269 e. The molecule has 0 fully saturated rings. The molecule has 2 heterocycles. The maximum atomic E-state index is 10.8. The number of aromatic nitrogens is 2. The highest BCUT2D eigenvalue weighted by atomic mass is 35.5. The Morgan fingerprint density at radius 3 is 2.05 bits per heavy atom. The van der Waals surface area contributed by atoms with Crippen LogP contribution in [0.15, 0.2) is 73.3 Å². The van der Waals surface area contributed by atoms with E-state index >= 15 is 0 Å². The molecule has 0 N–H and O–H groups in total. The van der Waals surface area contributed by atoms with E-state index in [0.29, 0.717) is 0 Å². The molecule has 0 aliphatic heterocycles. The van der Waals surface area contributed by atoms with Gasteiger partial charge in [0.25, 0.3) is 5.69 Å². The Morgan fingerprint density at radius 1 is 0.955 bits per heavy atom. The highest BCUT2D eigenvalue weighted by molar-refractivity contribution is 5.85. The minimum Gasteiger partial charge on any atom is -0.265 e. The normalized spacial score (nSPS) is 9.82. The molecule has 0 amide bonds. The van der Waals surface area contributed by atoms with Crippen LogP contribution in [0.5, 0.6) is 0 Å². The summed E-state index contributed by atoms with van der Waals surface area (Å²) in [7, 11) is 0. The van der Waals surface area contributed by atoms with Crippen molar-refractivity contribution in [3.8, 4) is 0 Å². The molecule has 1 aromatic carbocycles. The molecule has 3 aromatic rings. The predicted molar refractivity (Wildman–Crippen MR) is 86.6 cm³/mol. The van der Waals surface area contributed by atoms with Crippen LogP contribution >= 0.6 is 12.4 Å². The highest BCUT2D eigenvalue weighted by Crippen LogP contribution is 2.27. The zero-order valence-electron chi connectivity index (χ0n) is 11.4. The number of anilines is 2. The Hall–Kier alpha value is -2.86. The molecular weight excluding hydrogens is 304 g/mol. The molecule has 22 heavy (non-hydrogen) atoms. The summed E-state index contributed by atoms with van der Waals surface area (Å²) in [4.78, 5) is 14.4. The van der Waals surface area contributed by atoms with Gasteiger partial charge in [-0.3, -0.25) is 24.8 Å². The summed E-state index contributed by atoms with van der Waals surface area (Å²) in [6, 6.07) is 14.0. The van der Waals surface area contributed by atoms with Crippen LogP contribution in [0.1, 0.15) is 0 Å². The van der Waals surface area contributed by atoms with E-state index in [9.17, 15) is 10.1 Å². The first-order chi connectivity index (χ1) is 10.3. The number of nitrogens with zero attached hydrogens (tertiary/aromatic N) is 4. The van der Waals surface area contributed by atoms with E-state index in [-0.39, 0.29) is 18.1 Å². The van der Waals surface area contributed by atoms with Gasteiger partial charge in [0.15, 0.2) is 0 Å². The van der Waals surface area contributed by atoms with Crippen molar-refractivity contribution >= 4 is 29.5 Å². The summed E-state index contributed by atoms with van der Waals surface area (Å²) >= 11 is 0. The van der Waals surface area contributed by atoms with Crippen LogP contribution in [0.4, 0.5) is 17.1 Å². The molecule has 2 aromatic heterocycles. The first-order valence-corrected chi connectivity index (χ1v) is 6.33. The molecule has 3 rings (SSSR count). The summed E-state index contributed by atoms with van der Waals surface area (Å²) < 4.78 is 1.90. The summed E-state index contributed by atoms with van der Waals surface area (Å²) in [6.45, 7) is 0. The summed E-state index contributed by atoms with van der Waals surface area (Å²) in [5.74, 6) is 0. The van der Waals surface area contributed by atoms with Crippen molar-refractivity contribution in [3.63, 3.8) is 0 Å². The molecule has 0 aliphatic carbocycles. The molecule has 0 saturated heterocycles. The van der Waals surface area contributed by atoms with Crippen molar-refractivity contribution in [1.82, 2.24) is 9.66 Å². The van der Waals surface area contributed by atoms with Gasteiger partial charge < -0.3 is 0 Å². The second-order valence-electron chi connectivity index (χ2n) is 4.35. The summed E-state index contributed by atoms with van der Waals surface area (Å²) in [5, 5.41) is 12.7. The van der Waals surface area contributed by atoms with E-state index in [4.69, 9.17) is 0 Å². The lowest BCUT2D eigenvalue weighted by molar-refractivity contribution is -0.384. The van der Waals surface area contributed by atoms with Gasteiger partial charge in [0.1, 0.15) is 0 Å². The van der Waals surface area contributed by atoms with Gasteiger partial charge in [0.2, 0.25) is 0 Å². The molecule has 0 saturated carbocycles. The third-order valence-corrected chi connectivity index (χ3v) is 3.03. The monoisotopic (exact) mass is 316 g/mol. The number of halogens is 1. The molecule has 6 nitrogen and oxygen atoms in total. The molecule has 0 bridgehead atoms. The van der Waals surface area contributed by atoms with Crippen LogP contribution < -0.4 is 5.01 Å². The highest BCUT2D eigenvalue weighted by Gasteiger charge is 2.12. The van der Waals surface area contributed by atoms with Gasteiger partial charge >= 0.3 is 0 Å². The fraction of sp³-hybridized carbons (Fsp3) is 0. The van der Waals surface area contributed by atoms with E-state index < -0.39 is 4.92 Å². The van der Waals surface area contributed by atoms with E-state index in [2.05, 4.69) is 4.98 Å². The zero-order valence-corrected chi connectivity index (χ0v) is 12.3. The van der Waals surface area contributed by atoms with E-state index in [1.807, 2.05) is 46.3 Å². The summed E-state index contributed by atoms with van der Waals surface area (Å²) in [6.07, 6.45) is 7.22. The van der Waals surface area contributed by atoms with Crippen molar-refractivity contribution in [2.24, 2.45) is 0 Å². The number of nitro benzene ring substituents is 1. The summed E-state index contributed by atoms with van der Waals surface area (Å²) in [5.41, 5.74) is 1.80. The Bertz CT molecular complexity index is 730. The zero-order chi connectivity index (χ0) is 14.7. The number of benzene rings is 1. The number of non-ortho nitro benzene ring substituents is 1. The van der Waals surface area contributed by atoms with Crippen LogP contribution in [0, 0.1) is 10.1 Å². The van der Waals surface area contributed by atoms with Crippen LogP contribution in [0.3, 0.4) is 0 Å². The Balaban J connectivity index is 0.00000176. The number of nitro groups is 1. The average molecular weight is 317 g/mol. The van der Waals surface area contributed by atoms with E-state index in [1.165, 1.54) is 12.1 Å². The minimum absolute atomic E-state index is 0. The fourth-order valence-corrected chi connectivity index (χ4v) is 2.08. The van der Waals surface area contributed by atoms with E-state index in [0.717, 1.165) is 11.4 Å². The molecule has 7 heteroatoms. The van der Waals surface area contributed by atoms with Gasteiger partial charge in [0.05, 0.1) is 16.3 Å². The lowest BCUT2D eigenvalue weighted by atomic mass is 10.2. The smallest absolute Gasteiger partial charge is 0.265 e. The van der Waals surface area contributed by atoms with Crippen LogP contribution in [-0.2, 0) is 0 Å². The molecular formula is C15H13ClN4O2. The van der Waals surface area contributed by atoms with Crippen molar-refractivity contribution in [3.05, 3.63) is 83.4 Å². The number of rotatable bonds is 4. The Labute approximate surface area is 133 Å². The van der Waals surface area contributed by atoms with Crippen LogP contribution in [0.25, 0.3) is 0 Å². The second kappa shape index (κ2) is 6.73. The molecule has 112 valence electrons. The van der Waals surface area contributed by atoms with Crippen molar-refractivity contribution in [2.75, 3.05) is 5.01 Å². The Morgan fingerprint density at radius 2 is 1.50 bits per heavy atom. The number of pyridine rings is 1. The minimum atomic E-state index is -0.407. The predicted octanol–water partition coefficient (Wildman–Crippen LogP) is 3.81. The van der Waals surface area contributed by atoms with Gasteiger partial charge in [-0.1, -0.05) is 0 Å². The standard InChI is InChI=1S/C15H12N4O2.ClH/c20-19(21)15-5-3-13(4-6-15)18(17-11-1-2-12-17)14-7-9-16-10-8-14;/h1-12H;1H. The average Bonchev–Trinajstić information content (AvgIpc) is 3.03. The van der Waals surface area contributed by atoms with Gasteiger partial charge in [-0.25, -0.2) is 0 Å². The first-order valence-electron chi connectivity index (χ1n) is 6.33. The van der Waals surface area contributed by atoms with Gasteiger partial charge in [-0.15, -0.1) is 12.4 Å². The van der Waals surface area contributed by atoms with Gasteiger partial charge in [-0.2, -0.15) is 0 Å². The lowest BCUT2D eigenvalue weighted by Gasteiger charge is -2.25. The number of hydrogen-bond donors (Lipinski definition) is 0. The van der Waals surface area contributed by atoms with Crippen molar-refractivity contribution in [2.45, 2.75) is 0 Å². The van der Waals surface area contributed by atoms with Gasteiger partial charge in [0, 0.05) is 36.9 Å². The molecule has 0 radical (unpaired) electrons. The lowest BCUT2D eigenvalue weighted by Crippen LogP contribution is -2.22. The molecule has 0 unspecified atom stereocenters.